The van der Waals surface area contributed by atoms with Crippen molar-refractivity contribution in [1.29, 1.82) is 0 Å². The van der Waals surface area contributed by atoms with Gasteiger partial charge in [0.1, 0.15) is 6.04 Å². The Labute approximate surface area is 217 Å². The van der Waals surface area contributed by atoms with Crippen LogP contribution in [0, 0.1) is 13.8 Å². The first-order valence-corrected chi connectivity index (χ1v) is 13.1. The van der Waals surface area contributed by atoms with E-state index in [0.717, 1.165) is 39.6 Å². The van der Waals surface area contributed by atoms with Crippen LogP contribution >= 0.6 is 15.9 Å². The Balaban J connectivity index is 1.94. The quantitative estimate of drug-likeness (QED) is 0.299. The Morgan fingerprint density at radius 1 is 0.886 bits per heavy atom. The first kappa shape index (κ1) is 26.7. The lowest BCUT2D eigenvalue weighted by molar-refractivity contribution is -0.140. The van der Waals surface area contributed by atoms with Gasteiger partial charge in [0.15, 0.2) is 0 Å². The molecule has 0 unspecified atom stereocenters. The minimum atomic E-state index is -0.600. The summed E-state index contributed by atoms with van der Waals surface area (Å²) in [4.78, 5) is 29.0. The number of benzene rings is 3. The average Bonchev–Trinajstić information content (AvgIpc) is 2.85. The minimum absolute atomic E-state index is 0.0530. The molecule has 0 saturated carbocycles. The molecule has 0 aromatic heterocycles. The second kappa shape index (κ2) is 13.2. The molecule has 0 fully saturated rings. The Morgan fingerprint density at radius 3 is 2.23 bits per heavy atom. The second-order valence-electron chi connectivity index (χ2n) is 9.09. The zero-order valence-corrected chi connectivity index (χ0v) is 22.5. The maximum absolute atomic E-state index is 13.8. The van der Waals surface area contributed by atoms with E-state index in [4.69, 9.17) is 0 Å². The van der Waals surface area contributed by atoms with Crippen molar-refractivity contribution in [2.24, 2.45) is 0 Å². The molecule has 0 bridgehead atoms. The Kier molecular flexibility index (Phi) is 10.1. The fourth-order valence-corrected chi connectivity index (χ4v) is 4.30. The summed E-state index contributed by atoms with van der Waals surface area (Å²) in [5.74, 6) is -0.157. The standard InChI is InChI=1S/C30H35BrN2O2/c1-4-5-17-32-30(35)28(19-24-9-7-6-8-10-24)33(21-25-13-15-27(31)16-14-25)29(34)20-26-12-11-22(2)23(3)18-26/h6-16,18,28H,4-5,17,19-21H2,1-3H3,(H,32,35)/t28-/m1/s1. The molecular formula is C30H35BrN2O2. The molecule has 1 atom stereocenters. The number of amides is 2. The van der Waals surface area contributed by atoms with Crippen molar-refractivity contribution in [2.75, 3.05) is 6.54 Å². The van der Waals surface area contributed by atoms with Gasteiger partial charge in [0.25, 0.3) is 0 Å². The molecule has 0 aliphatic rings. The Morgan fingerprint density at radius 2 is 1.57 bits per heavy atom. The van der Waals surface area contributed by atoms with Gasteiger partial charge < -0.3 is 10.2 Å². The first-order chi connectivity index (χ1) is 16.9. The van der Waals surface area contributed by atoms with Gasteiger partial charge in [0.05, 0.1) is 6.42 Å². The second-order valence-corrected chi connectivity index (χ2v) is 10.0. The molecule has 35 heavy (non-hydrogen) atoms. The van der Waals surface area contributed by atoms with Crippen LogP contribution in [0.15, 0.2) is 77.3 Å². The van der Waals surface area contributed by atoms with Gasteiger partial charge >= 0.3 is 0 Å². The molecular weight excluding hydrogens is 500 g/mol. The van der Waals surface area contributed by atoms with Crippen molar-refractivity contribution in [3.8, 4) is 0 Å². The van der Waals surface area contributed by atoms with Gasteiger partial charge in [-0.1, -0.05) is 89.9 Å². The van der Waals surface area contributed by atoms with Crippen LogP contribution < -0.4 is 5.32 Å². The number of carbonyl (C=O) groups is 2. The molecule has 0 heterocycles. The minimum Gasteiger partial charge on any atom is -0.354 e. The van der Waals surface area contributed by atoms with Gasteiger partial charge in [-0.15, -0.1) is 0 Å². The number of aryl methyl sites for hydroxylation is 2. The van der Waals surface area contributed by atoms with Crippen molar-refractivity contribution in [2.45, 2.75) is 59.0 Å². The zero-order chi connectivity index (χ0) is 25.2. The lowest BCUT2D eigenvalue weighted by Gasteiger charge is -2.32. The summed E-state index contributed by atoms with van der Waals surface area (Å²) >= 11 is 3.48. The maximum Gasteiger partial charge on any atom is 0.243 e. The Bertz CT molecular complexity index is 1110. The number of hydrogen-bond acceptors (Lipinski definition) is 2. The number of halogens is 1. The van der Waals surface area contributed by atoms with E-state index >= 15 is 0 Å². The van der Waals surface area contributed by atoms with Crippen molar-refractivity contribution in [3.05, 3.63) is 105 Å². The molecule has 4 nitrogen and oxygen atoms in total. The van der Waals surface area contributed by atoms with E-state index in [-0.39, 0.29) is 18.2 Å². The molecule has 2 amide bonds. The van der Waals surface area contributed by atoms with Crippen LogP contribution in [0.1, 0.15) is 47.6 Å². The molecule has 3 aromatic carbocycles. The van der Waals surface area contributed by atoms with Crippen molar-refractivity contribution in [3.63, 3.8) is 0 Å². The summed E-state index contributed by atoms with van der Waals surface area (Å²) in [7, 11) is 0. The highest BCUT2D eigenvalue weighted by Gasteiger charge is 2.30. The first-order valence-electron chi connectivity index (χ1n) is 12.3. The lowest BCUT2D eigenvalue weighted by atomic mass is 10.00. The number of nitrogens with one attached hydrogen (secondary N) is 1. The van der Waals surface area contributed by atoms with Gasteiger partial charge in [0.2, 0.25) is 11.8 Å². The molecule has 1 N–H and O–H groups in total. The van der Waals surface area contributed by atoms with Gasteiger partial charge in [-0.3, -0.25) is 9.59 Å². The summed E-state index contributed by atoms with van der Waals surface area (Å²) in [6.45, 7) is 7.20. The normalized spacial score (nSPS) is 11.7. The summed E-state index contributed by atoms with van der Waals surface area (Å²) < 4.78 is 0.979. The average molecular weight is 536 g/mol. The molecule has 0 saturated heterocycles. The Hall–Kier alpha value is -2.92. The van der Waals surface area contributed by atoms with E-state index in [0.29, 0.717) is 19.5 Å². The van der Waals surface area contributed by atoms with E-state index in [2.05, 4.69) is 54.2 Å². The van der Waals surface area contributed by atoms with Gasteiger partial charge in [-0.05, 0) is 60.2 Å². The molecule has 0 radical (unpaired) electrons. The van der Waals surface area contributed by atoms with Crippen molar-refractivity contribution in [1.82, 2.24) is 10.2 Å². The zero-order valence-electron chi connectivity index (χ0n) is 20.9. The summed E-state index contributed by atoms with van der Waals surface area (Å²) in [5, 5.41) is 3.07. The third-order valence-electron chi connectivity index (χ3n) is 6.29. The van der Waals surface area contributed by atoms with Crippen molar-refractivity contribution < 1.29 is 9.59 Å². The van der Waals surface area contributed by atoms with E-state index in [1.54, 1.807) is 4.90 Å². The highest BCUT2D eigenvalue weighted by Crippen LogP contribution is 2.19. The molecule has 0 aliphatic heterocycles. The lowest BCUT2D eigenvalue weighted by Crippen LogP contribution is -2.51. The molecule has 3 aromatic rings. The number of unbranched alkanes of at least 4 members (excludes halogenated alkanes) is 1. The summed E-state index contributed by atoms with van der Waals surface area (Å²) in [6.07, 6.45) is 2.63. The van der Waals surface area contributed by atoms with E-state index < -0.39 is 6.04 Å². The highest BCUT2D eigenvalue weighted by atomic mass is 79.9. The largest absolute Gasteiger partial charge is 0.354 e. The van der Waals surface area contributed by atoms with Gasteiger partial charge in [-0.2, -0.15) is 0 Å². The maximum atomic E-state index is 13.8. The molecule has 0 aliphatic carbocycles. The fourth-order valence-electron chi connectivity index (χ4n) is 4.04. The van der Waals surface area contributed by atoms with Crippen molar-refractivity contribution >= 4 is 27.7 Å². The van der Waals surface area contributed by atoms with Crippen LogP contribution in [-0.4, -0.2) is 29.3 Å². The molecule has 3 rings (SSSR count). The topological polar surface area (TPSA) is 49.4 Å². The van der Waals surface area contributed by atoms with Gasteiger partial charge in [0, 0.05) is 24.0 Å². The molecule has 5 heteroatoms. The fraction of sp³-hybridized carbons (Fsp3) is 0.333. The van der Waals surface area contributed by atoms with Gasteiger partial charge in [-0.25, -0.2) is 0 Å². The number of rotatable bonds is 11. The number of hydrogen-bond donors (Lipinski definition) is 1. The van der Waals surface area contributed by atoms with Crippen LogP contribution in [0.25, 0.3) is 0 Å². The molecule has 184 valence electrons. The number of carbonyl (C=O) groups excluding carboxylic acids is 2. The summed E-state index contributed by atoms with van der Waals surface area (Å²) in [5.41, 5.74) is 5.34. The van der Waals surface area contributed by atoms with Crippen LogP contribution in [0.5, 0.6) is 0 Å². The third-order valence-corrected chi connectivity index (χ3v) is 6.82. The summed E-state index contributed by atoms with van der Waals surface area (Å²) in [6, 6.07) is 23.4. The van der Waals surface area contributed by atoms with Crippen LogP contribution in [0.2, 0.25) is 0 Å². The van der Waals surface area contributed by atoms with E-state index in [1.165, 1.54) is 5.56 Å². The van der Waals surface area contributed by atoms with E-state index in [1.807, 2.05) is 60.7 Å². The predicted molar refractivity (Wildman–Crippen MR) is 146 cm³/mol. The third kappa shape index (κ3) is 8.07. The van der Waals surface area contributed by atoms with Crippen LogP contribution in [-0.2, 0) is 29.0 Å². The smallest absolute Gasteiger partial charge is 0.243 e. The number of nitrogens with zero attached hydrogens (tertiary/aromatic N) is 1. The van der Waals surface area contributed by atoms with E-state index in [9.17, 15) is 9.59 Å². The highest BCUT2D eigenvalue weighted by molar-refractivity contribution is 9.10. The van der Waals surface area contributed by atoms with Crippen LogP contribution in [0.4, 0.5) is 0 Å². The predicted octanol–water partition coefficient (Wildman–Crippen LogP) is 6.16. The monoisotopic (exact) mass is 534 g/mol. The molecule has 0 spiro atoms. The van der Waals surface area contributed by atoms with Crippen LogP contribution in [0.3, 0.4) is 0 Å². The SMILES string of the molecule is CCCCNC(=O)[C@@H](Cc1ccccc1)N(Cc1ccc(Br)cc1)C(=O)Cc1ccc(C)c(C)c1.